The van der Waals surface area contributed by atoms with Crippen molar-refractivity contribution in [1.82, 2.24) is 4.98 Å². The van der Waals surface area contributed by atoms with E-state index in [1.54, 1.807) is 0 Å². The Balaban J connectivity index is 2.03. The highest BCUT2D eigenvalue weighted by Gasteiger charge is 2.19. The van der Waals surface area contributed by atoms with Crippen molar-refractivity contribution in [2.45, 2.75) is 58.6 Å². The summed E-state index contributed by atoms with van der Waals surface area (Å²) < 4.78 is 5.62. The Labute approximate surface area is 115 Å². The van der Waals surface area contributed by atoms with Crippen LogP contribution in [0.25, 0.3) is 0 Å². The molecule has 1 heterocycles. The molecule has 1 fully saturated rings. The van der Waals surface area contributed by atoms with Crippen molar-refractivity contribution in [3.63, 3.8) is 0 Å². The molecule has 19 heavy (non-hydrogen) atoms. The predicted octanol–water partition coefficient (Wildman–Crippen LogP) is 3.44. The number of ether oxygens (including phenoxy) is 1. The number of nitrogens with two attached hydrogens (primary N) is 1. The minimum atomic E-state index is 0.0831. The number of nitrogens with zero attached hydrogens (tertiary/aromatic N) is 1. The highest BCUT2D eigenvalue weighted by molar-refractivity contribution is 5.53. The zero-order chi connectivity index (χ0) is 13.8. The van der Waals surface area contributed by atoms with Gasteiger partial charge in [0.25, 0.3) is 0 Å². The summed E-state index contributed by atoms with van der Waals surface area (Å²) in [6.07, 6.45) is 5.15. The molecule has 0 radical (unpaired) electrons. The van der Waals surface area contributed by atoms with E-state index in [4.69, 9.17) is 10.5 Å². The van der Waals surface area contributed by atoms with Gasteiger partial charge < -0.3 is 15.8 Å². The van der Waals surface area contributed by atoms with Crippen molar-refractivity contribution in [2.24, 2.45) is 5.92 Å². The van der Waals surface area contributed by atoms with E-state index >= 15 is 0 Å². The standard InChI is InChI=1S/C15H25N3O/c1-10(2)19-15-13(16)7-8-14(18-15)17-12-6-4-5-11(3)9-12/h7-8,10-12H,4-6,9,16H2,1-3H3,(H,17,18). The third-order valence-electron chi connectivity index (χ3n) is 3.53. The summed E-state index contributed by atoms with van der Waals surface area (Å²) in [5, 5.41) is 3.51. The summed E-state index contributed by atoms with van der Waals surface area (Å²) in [6.45, 7) is 6.27. The fraction of sp³-hybridized carbons (Fsp3) is 0.667. The van der Waals surface area contributed by atoms with Gasteiger partial charge in [-0.25, -0.2) is 0 Å². The molecule has 0 amide bonds. The first-order chi connectivity index (χ1) is 9.04. The van der Waals surface area contributed by atoms with Gasteiger partial charge in [-0.3, -0.25) is 0 Å². The molecule has 3 N–H and O–H groups in total. The number of hydrogen-bond acceptors (Lipinski definition) is 4. The van der Waals surface area contributed by atoms with Gasteiger partial charge >= 0.3 is 0 Å². The predicted molar refractivity (Wildman–Crippen MR) is 79.5 cm³/mol. The summed E-state index contributed by atoms with van der Waals surface area (Å²) in [7, 11) is 0. The summed E-state index contributed by atoms with van der Waals surface area (Å²) in [6, 6.07) is 4.31. The molecule has 2 unspecified atom stereocenters. The number of nitrogen functional groups attached to an aromatic ring is 1. The summed E-state index contributed by atoms with van der Waals surface area (Å²) >= 11 is 0. The van der Waals surface area contributed by atoms with E-state index in [9.17, 15) is 0 Å². The normalized spacial score (nSPS) is 23.4. The number of aromatic nitrogens is 1. The second-order valence-electron chi connectivity index (χ2n) is 5.87. The molecular formula is C15H25N3O. The second kappa shape index (κ2) is 6.13. The first-order valence-corrected chi connectivity index (χ1v) is 7.24. The Kier molecular flexibility index (Phi) is 4.51. The Hall–Kier alpha value is -1.45. The summed E-state index contributed by atoms with van der Waals surface area (Å²) in [5.41, 5.74) is 6.47. The number of anilines is 2. The topological polar surface area (TPSA) is 60.2 Å². The van der Waals surface area contributed by atoms with Gasteiger partial charge in [0, 0.05) is 6.04 Å². The smallest absolute Gasteiger partial charge is 0.239 e. The first kappa shape index (κ1) is 14.0. The van der Waals surface area contributed by atoms with Crippen molar-refractivity contribution < 1.29 is 4.74 Å². The van der Waals surface area contributed by atoms with Crippen LogP contribution in [0.4, 0.5) is 11.5 Å². The van der Waals surface area contributed by atoms with Crippen molar-refractivity contribution in [1.29, 1.82) is 0 Å². The molecule has 0 spiro atoms. The molecule has 2 atom stereocenters. The van der Waals surface area contributed by atoms with Gasteiger partial charge in [-0.2, -0.15) is 4.98 Å². The van der Waals surface area contributed by atoms with Crippen LogP contribution < -0.4 is 15.8 Å². The van der Waals surface area contributed by atoms with E-state index in [-0.39, 0.29) is 6.10 Å². The number of pyridine rings is 1. The SMILES string of the molecule is CC1CCCC(Nc2ccc(N)c(OC(C)C)n2)C1. The molecule has 0 saturated heterocycles. The minimum Gasteiger partial charge on any atom is -0.473 e. The van der Waals surface area contributed by atoms with Gasteiger partial charge in [0.15, 0.2) is 0 Å². The highest BCUT2D eigenvalue weighted by Crippen LogP contribution is 2.27. The van der Waals surface area contributed by atoms with E-state index in [1.165, 1.54) is 25.7 Å². The zero-order valence-corrected chi connectivity index (χ0v) is 12.1. The molecule has 1 aliphatic rings. The molecule has 0 aliphatic heterocycles. The van der Waals surface area contributed by atoms with Gasteiger partial charge in [0.2, 0.25) is 5.88 Å². The van der Waals surface area contributed by atoms with E-state index in [2.05, 4.69) is 17.2 Å². The fourth-order valence-electron chi connectivity index (χ4n) is 2.62. The van der Waals surface area contributed by atoms with E-state index in [1.807, 2.05) is 26.0 Å². The molecule has 106 valence electrons. The van der Waals surface area contributed by atoms with E-state index in [0.29, 0.717) is 17.6 Å². The average Bonchev–Trinajstić information content (AvgIpc) is 2.33. The van der Waals surface area contributed by atoms with Crippen LogP contribution in [0.5, 0.6) is 5.88 Å². The molecule has 1 aromatic rings. The van der Waals surface area contributed by atoms with Crippen LogP contribution in [0, 0.1) is 5.92 Å². The molecule has 0 bridgehead atoms. The quantitative estimate of drug-likeness (QED) is 0.873. The molecule has 2 rings (SSSR count). The molecule has 1 saturated carbocycles. The molecule has 1 aliphatic carbocycles. The van der Waals surface area contributed by atoms with Crippen LogP contribution in [0.15, 0.2) is 12.1 Å². The maximum Gasteiger partial charge on any atom is 0.239 e. The van der Waals surface area contributed by atoms with Crippen LogP contribution in [0.1, 0.15) is 46.5 Å². The molecule has 4 nitrogen and oxygen atoms in total. The monoisotopic (exact) mass is 263 g/mol. The van der Waals surface area contributed by atoms with Crippen LogP contribution in [-0.4, -0.2) is 17.1 Å². The van der Waals surface area contributed by atoms with Crippen LogP contribution >= 0.6 is 0 Å². The van der Waals surface area contributed by atoms with Crippen LogP contribution in [-0.2, 0) is 0 Å². The largest absolute Gasteiger partial charge is 0.473 e. The van der Waals surface area contributed by atoms with Crippen LogP contribution in [0.2, 0.25) is 0 Å². The van der Waals surface area contributed by atoms with Gasteiger partial charge in [-0.1, -0.05) is 19.8 Å². The fourth-order valence-corrected chi connectivity index (χ4v) is 2.62. The number of nitrogens with one attached hydrogen (secondary N) is 1. The maximum atomic E-state index is 5.88. The maximum absolute atomic E-state index is 5.88. The van der Waals surface area contributed by atoms with Crippen LogP contribution in [0.3, 0.4) is 0 Å². The van der Waals surface area contributed by atoms with E-state index < -0.39 is 0 Å². The van der Waals surface area contributed by atoms with Crippen molar-refractivity contribution in [3.05, 3.63) is 12.1 Å². The third kappa shape index (κ3) is 4.01. The van der Waals surface area contributed by atoms with Gasteiger partial charge in [0.1, 0.15) is 5.82 Å². The molecule has 4 heteroatoms. The Morgan fingerprint density at radius 1 is 1.37 bits per heavy atom. The molecular weight excluding hydrogens is 238 g/mol. The molecule has 1 aromatic heterocycles. The lowest BCUT2D eigenvalue weighted by Gasteiger charge is -2.28. The summed E-state index contributed by atoms with van der Waals surface area (Å²) in [5.74, 6) is 2.19. The van der Waals surface area contributed by atoms with Gasteiger partial charge in [-0.15, -0.1) is 0 Å². The van der Waals surface area contributed by atoms with Gasteiger partial charge in [-0.05, 0) is 44.7 Å². The van der Waals surface area contributed by atoms with Gasteiger partial charge in [0.05, 0.1) is 11.8 Å². The van der Waals surface area contributed by atoms with Crippen molar-refractivity contribution >= 4 is 11.5 Å². The lowest BCUT2D eigenvalue weighted by molar-refractivity contribution is 0.234. The van der Waals surface area contributed by atoms with Crippen molar-refractivity contribution in [2.75, 3.05) is 11.1 Å². The number of hydrogen-bond donors (Lipinski definition) is 2. The first-order valence-electron chi connectivity index (χ1n) is 7.24. The Morgan fingerprint density at radius 2 is 2.16 bits per heavy atom. The van der Waals surface area contributed by atoms with E-state index in [0.717, 1.165) is 11.7 Å². The lowest BCUT2D eigenvalue weighted by Crippen LogP contribution is -2.26. The number of rotatable bonds is 4. The summed E-state index contributed by atoms with van der Waals surface area (Å²) in [4.78, 5) is 4.47. The third-order valence-corrected chi connectivity index (χ3v) is 3.53. The van der Waals surface area contributed by atoms with Crippen molar-refractivity contribution in [3.8, 4) is 5.88 Å². The second-order valence-corrected chi connectivity index (χ2v) is 5.87. The minimum absolute atomic E-state index is 0.0831. The zero-order valence-electron chi connectivity index (χ0n) is 12.1. The highest BCUT2D eigenvalue weighted by atomic mass is 16.5. The average molecular weight is 263 g/mol. The Bertz CT molecular complexity index is 420. The lowest BCUT2D eigenvalue weighted by atomic mass is 9.87. The molecule has 0 aromatic carbocycles. The Morgan fingerprint density at radius 3 is 2.84 bits per heavy atom.